The minimum absolute atomic E-state index is 0.00354. The highest BCUT2D eigenvalue weighted by Crippen LogP contribution is 2.60. The maximum atomic E-state index is 12.9. The van der Waals surface area contributed by atoms with E-state index in [1.165, 1.54) is 19.3 Å². The lowest BCUT2D eigenvalue weighted by molar-refractivity contribution is -0.147. The van der Waals surface area contributed by atoms with Crippen molar-refractivity contribution in [2.75, 3.05) is 6.54 Å². The van der Waals surface area contributed by atoms with Crippen molar-refractivity contribution >= 4 is 17.7 Å². The second kappa shape index (κ2) is 8.28. The molecule has 4 saturated carbocycles. The second-order valence-electron chi connectivity index (χ2n) is 9.57. The normalized spacial score (nSPS) is 28.8. The van der Waals surface area contributed by atoms with Gasteiger partial charge in [-0.25, -0.2) is 0 Å². The van der Waals surface area contributed by atoms with E-state index in [1.807, 2.05) is 13.8 Å². The molecule has 5 rings (SSSR count). The van der Waals surface area contributed by atoms with Gasteiger partial charge in [0.1, 0.15) is 5.75 Å². The van der Waals surface area contributed by atoms with Crippen molar-refractivity contribution in [1.82, 2.24) is 16.2 Å². The summed E-state index contributed by atoms with van der Waals surface area (Å²) < 4.78 is 5.55. The smallest absolute Gasteiger partial charge is 0.269 e. The van der Waals surface area contributed by atoms with E-state index in [0.717, 1.165) is 19.3 Å². The van der Waals surface area contributed by atoms with Crippen molar-refractivity contribution in [3.8, 4) is 5.75 Å². The third-order valence-electron chi connectivity index (χ3n) is 6.73. The van der Waals surface area contributed by atoms with Crippen LogP contribution in [0.15, 0.2) is 24.3 Å². The Bertz CT molecular complexity index is 783. The van der Waals surface area contributed by atoms with E-state index in [2.05, 4.69) is 16.2 Å². The predicted molar refractivity (Wildman–Crippen MR) is 111 cm³/mol. The van der Waals surface area contributed by atoms with Crippen LogP contribution in [0.4, 0.5) is 0 Å². The molecule has 7 heteroatoms. The molecule has 4 aliphatic carbocycles. The van der Waals surface area contributed by atoms with Gasteiger partial charge in [0.25, 0.3) is 11.8 Å². The fraction of sp³-hybridized carbons (Fsp3) is 0.609. The molecule has 7 nitrogen and oxygen atoms in total. The van der Waals surface area contributed by atoms with Gasteiger partial charge in [-0.1, -0.05) is 0 Å². The number of ether oxygens (including phenoxy) is 1. The summed E-state index contributed by atoms with van der Waals surface area (Å²) in [4.78, 5) is 37.2. The zero-order valence-corrected chi connectivity index (χ0v) is 17.7. The Balaban J connectivity index is 1.22. The van der Waals surface area contributed by atoms with Crippen molar-refractivity contribution in [3.05, 3.63) is 29.8 Å². The zero-order chi connectivity index (χ0) is 21.3. The molecule has 4 fully saturated rings. The molecule has 0 atom stereocenters. The van der Waals surface area contributed by atoms with Gasteiger partial charge in [-0.2, -0.15) is 0 Å². The van der Waals surface area contributed by atoms with Crippen LogP contribution >= 0.6 is 0 Å². The first-order chi connectivity index (χ1) is 14.3. The number of amides is 3. The molecule has 3 N–H and O–H groups in total. The number of carbonyl (C=O) groups is 3. The molecular weight excluding hydrogens is 382 g/mol. The Morgan fingerprint density at radius 1 is 0.967 bits per heavy atom. The third kappa shape index (κ3) is 4.45. The average molecular weight is 414 g/mol. The van der Waals surface area contributed by atoms with E-state index in [9.17, 15) is 14.4 Å². The Hall–Kier alpha value is -2.57. The van der Waals surface area contributed by atoms with Crippen LogP contribution in [0.1, 0.15) is 62.7 Å². The Morgan fingerprint density at radius 3 is 2.07 bits per heavy atom. The molecule has 4 aliphatic rings. The second-order valence-corrected chi connectivity index (χ2v) is 9.57. The van der Waals surface area contributed by atoms with Crippen molar-refractivity contribution in [1.29, 1.82) is 0 Å². The number of hydrogen-bond acceptors (Lipinski definition) is 4. The maximum absolute atomic E-state index is 12.9. The van der Waals surface area contributed by atoms with Crippen LogP contribution in [0, 0.1) is 23.2 Å². The maximum Gasteiger partial charge on any atom is 0.269 e. The largest absolute Gasteiger partial charge is 0.491 e. The van der Waals surface area contributed by atoms with Gasteiger partial charge in [0.15, 0.2) is 0 Å². The number of rotatable bonds is 6. The Kier molecular flexibility index (Phi) is 5.71. The van der Waals surface area contributed by atoms with Crippen molar-refractivity contribution < 1.29 is 19.1 Å². The van der Waals surface area contributed by atoms with Crippen molar-refractivity contribution in [2.45, 2.75) is 58.5 Å². The topological polar surface area (TPSA) is 96.5 Å². The summed E-state index contributed by atoms with van der Waals surface area (Å²) in [7, 11) is 0. The Labute approximate surface area is 177 Å². The van der Waals surface area contributed by atoms with E-state index in [1.54, 1.807) is 24.3 Å². The SMILES string of the molecule is CC(C)Oc1ccc(C(=O)NNC(=O)CNC(=O)C23CC4CC(CC(C4)C2)C3)cc1. The molecule has 0 heterocycles. The number of hydrazine groups is 1. The summed E-state index contributed by atoms with van der Waals surface area (Å²) in [5.41, 5.74) is 4.89. The molecule has 1 aromatic rings. The van der Waals surface area contributed by atoms with Crippen LogP contribution in [0.25, 0.3) is 0 Å². The van der Waals surface area contributed by atoms with Crippen molar-refractivity contribution in [2.24, 2.45) is 23.2 Å². The number of benzene rings is 1. The molecule has 0 spiro atoms. The fourth-order valence-electron chi connectivity index (χ4n) is 5.94. The van der Waals surface area contributed by atoms with Gasteiger partial charge in [-0.3, -0.25) is 25.2 Å². The number of carbonyl (C=O) groups excluding carboxylic acids is 3. The van der Waals surface area contributed by atoms with E-state index in [-0.39, 0.29) is 24.0 Å². The minimum atomic E-state index is -0.443. The summed E-state index contributed by atoms with van der Waals surface area (Å²) in [5.74, 6) is 1.84. The summed E-state index contributed by atoms with van der Waals surface area (Å²) in [6.07, 6.45) is 6.73. The zero-order valence-electron chi connectivity index (χ0n) is 17.7. The summed E-state index contributed by atoms with van der Waals surface area (Å²) in [5, 5.41) is 2.81. The van der Waals surface area contributed by atoms with Crippen LogP contribution in [0.2, 0.25) is 0 Å². The highest BCUT2D eigenvalue weighted by molar-refractivity contribution is 5.96. The molecule has 30 heavy (non-hydrogen) atoms. The molecule has 3 amide bonds. The first-order valence-electron chi connectivity index (χ1n) is 11.0. The fourth-order valence-corrected chi connectivity index (χ4v) is 5.94. The van der Waals surface area contributed by atoms with Crippen molar-refractivity contribution in [3.63, 3.8) is 0 Å². The van der Waals surface area contributed by atoms with Gasteiger partial charge in [0.2, 0.25) is 5.91 Å². The molecule has 4 bridgehead atoms. The lowest BCUT2D eigenvalue weighted by Crippen LogP contribution is -2.55. The van der Waals surface area contributed by atoms with E-state index < -0.39 is 11.8 Å². The molecule has 0 saturated heterocycles. The van der Waals surface area contributed by atoms with Crippen LogP contribution in [-0.2, 0) is 9.59 Å². The quantitative estimate of drug-likeness (QED) is 0.625. The monoisotopic (exact) mass is 413 g/mol. The average Bonchev–Trinajstić information content (AvgIpc) is 2.69. The van der Waals surface area contributed by atoms with Gasteiger partial charge >= 0.3 is 0 Å². The van der Waals surface area contributed by atoms with Crippen LogP contribution in [-0.4, -0.2) is 30.4 Å². The molecule has 0 aliphatic heterocycles. The first-order valence-corrected chi connectivity index (χ1v) is 11.0. The van der Waals surface area contributed by atoms with Gasteiger partial charge < -0.3 is 10.1 Å². The molecule has 162 valence electrons. The number of hydrogen-bond donors (Lipinski definition) is 3. The molecule has 0 unspecified atom stereocenters. The number of nitrogens with one attached hydrogen (secondary N) is 3. The van der Waals surface area contributed by atoms with Gasteiger partial charge in [-0.15, -0.1) is 0 Å². The highest BCUT2D eigenvalue weighted by Gasteiger charge is 2.54. The third-order valence-corrected chi connectivity index (χ3v) is 6.73. The summed E-state index contributed by atoms with van der Waals surface area (Å²) in [6.45, 7) is 3.72. The van der Waals surface area contributed by atoms with E-state index in [4.69, 9.17) is 4.74 Å². The van der Waals surface area contributed by atoms with Gasteiger partial charge in [0, 0.05) is 11.0 Å². The minimum Gasteiger partial charge on any atom is -0.491 e. The molecular formula is C23H31N3O4. The van der Waals surface area contributed by atoms with Crippen LogP contribution in [0.5, 0.6) is 5.75 Å². The van der Waals surface area contributed by atoms with Gasteiger partial charge in [0.05, 0.1) is 12.6 Å². The van der Waals surface area contributed by atoms with Crippen LogP contribution < -0.4 is 20.9 Å². The summed E-state index contributed by atoms with van der Waals surface area (Å²) >= 11 is 0. The standard InChI is InChI=1S/C23H31N3O4/c1-14(2)30-19-5-3-18(4-6-19)21(28)26-25-20(27)13-24-22(29)23-10-15-7-16(11-23)9-17(8-15)12-23/h3-6,14-17H,7-13H2,1-2H3,(H,24,29)(H,25,27)(H,26,28). The lowest BCUT2D eigenvalue weighted by Gasteiger charge is -2.55. The van der Waals surface area contributed by atoms with Gasteiger partial charge in [-0.05, 0) is 94.4 Å². The Morgan fingerprint density at radius 2 is 1.53 bits per heavy atom. The summed E-state index contributed by atoms with van der Waals surface area (Å²) in [6, 6.07) is 6.69. The highest BCUT2D eigenvalue weighted by atomic mass is 16.5. The van der Waals surface area contributed by atoms with E-state index in [0.29, 0.717) is 29.1 Å². The predicted octanol–water partition coefficient (Wildman–Crippen LogP) is 2.57. The first kappa shape index (κ1) is 20.7. The lowest BCUT2D eigenvalue weighted by atomic mass is 9.49. The van der Waals surface area contributed by atoms with Crippen LogP contribution in [0.3, 0.4) is 0 Å². The molecule has 0 aromatic heterocycles. The molecule has 0 radical (unpaired) electrons. The molecule has 1 aromatic carbocycles. The van der Waals surface area contributed by atoms with E-state index >= 15 is 0 Å².